The Bertz CT molecular complexity index is 956. The fourth-order valence-electron chi connectivity index (χ4n) is 3.05. The van der Waals surface area contributed by atoms with E-state index in [-0.39, 0.29) is 16.9 Å². The predicted octanol–water partition coefficient (Wildman–Crippen LogP) is 5.54. The smallest absolute Gasteiger partial charge is 0.408 e. The molecule has 8 heteroatoms. The number of para-hydroxylation sites is 1. The number of fused-ring (bicyclic) bond motifs is 1. The Morgan fingerprint density at radius 1 is 1.09 bits per heavy atom. The van der Waals surface area contributed by atoms with Gasteiger partial charge in [-0.15, -0.1) is 0 Å². The van der Waals surface area contributed by atoms with Gasteiger partial charge in [0.25, 0.3) is 0 Å². The zero-order valence-electron chi connectivity index (χ0n) is 20.1. The van der Waals surface area contributed by atoms with E-state index in [1.807, 2.05) is 44.2 Å². The van der Waals surface area contributed by atoms with E-state index in [1.54, 1.807) is 27.0 Å². The van der Waals surface area contributed by atoms with E-state index in [4.69, 9.17) is 4.74 Å². The molecule has 0 saturated carbocycles. The number of nitrogens with zero attached hydrogens (tertiary/aromatic N) is 1. The van der Waals surface area contributed by atoms with Gasteiger partial charge in [0, 0.05) is 17.1 Å². The minimum Gasteiger partial charge on any atom is -0.444 e. The summed E-state index contributed by atoms with van der Waals surface area (Å²) in [7, 11) is 0. The summed E-state index contributed by atoms with van der Waals surface area (Å²) < 4.78 is 5.34. The molecule has 180 valence electrons. The van der Waals surface area contributed by atoms with Crippen LogP contribution in [0.5, 0.6) is 0 Å². The molecule has 0 aliphatic heterocycles. The van der Waals surface area contributed by atoms with Crippen LogP contribution in [-0.2, 0) is 14.3 Å². The van der Waals surface area contributed by atoms with Gasteiger partial charge in [0.2, 0.25) is 5.91 Å². The molecule has 1 aromatic heterocycles. The normalized spacial score (nSPS) is 12.4. The number of rotatable bonds is 10. The molecule has 2 N–H and O–H groups in total. The van der Waals surface area contributed by atoms with Crippen LogP contribution in [0.3, 0.4) is 0 Å². The first-order chi connectivity index (χ1) is 15.5. The summed E-state index contributed by atoms with van der Waals surface area (Å²) in [6, 6.07) is 8.77. The quantitative estimate of drug-likeness (QED) is 0.440. The number of aromatic nitrogens is 1. The van der Waals surface area contributed by atoms with Crippen molar-refractivity contribution in [1.82, 2.24) is 10.3 Å². The fraction of sp³-hybridized carbons (Fsp3) is 0.520. The van der Waals surface area contributed by atoms with E-state index in [0.717, 1.165) is 35.9 Å². The van der Waals surface area contributed by atoms with Crippen molar-refractivity contribution in [2.75, 3.05) is 11.1 Å². The molecule has 0 unspecified atom stereocenters. The molecule has 7 nitrogen and oxygen atoms in total. The van der Waals surface area contributed by atoms with E-state index >= 15 is 0 Å². The van der Waals surface area contributed by atoms with Crippen molar-refractivity contribution < 1.29 is 19.1 Å². The lowest BCUT2D eigenvalue weighted by Gasteiger charge is -2.23. The fourth-order valence-corrected chi connectivity index (χ4v) is 3.94. The number of carbonyl (C=O) groups excluding carboxylic acids is 3. The van der Waals surface area contributed by atoms with Gasteiger partial charge in [-0.25, -0.2) is 4.79 Å². The molecule has 1 heterocycles. The maximum Gasteiger partial charge on any atom is 0.408 e. The van der Waals surface area contributed by atoms with Crippen LogP contribution in [0, 0.1) is 5.92 Å². The van der Waals surface area contributed by atoms with Crippen LogP contribution in [0.15, 0.2) is 36.5 Å². The molecular formula is C25H35N3O4S. The largest absolute Gasteiger partial charge is 0.444 e. The molecule has 2 amide bonds. The molecule has 0 fully saturated rings. The van der Waals surface area contributed by atoms with Crippen molar-refractivity contribution in [3.63, 3.8) is 0 Å². The molecule has 1 atom stereocenters. The topological polar surface area (TPSA) is 97.4 Å². The van der Waals surface area contributed by atoms with E-state index in [1.165, 1.54) is 11.8 Å². The zero-order chi connectivity index (χ0) is 24.4. The van der Waals surface area contributed by atoms with Gasteiger partial charge >= 0.3 is 6.09 Å². The first kappa shape index (κ1) is 26.6. The molecule has 0 aliphatic carbocycles. The third-order valence-electron chi connectivity index (χ3n) is 4.72. The van der Waals surface area contributed by atoms with Gasteiger partial charge in [-0.2, -0.15) is 0 Å². The monoisotopic (exact) mass is 473 g/mol. The first-order valence-corrected chi connectivity index (χ1v) is 12.4. The number of amides is 2. The highest BCUT2D eigenvalue weighted by atomic mass is 32.2. The van der Waals surface area contributed by atoms with Crippen LogP contribution in [-0.4, -0.2) is 39.5 Å². The molecule has 2 rings (SSSR count). The van der Waals surface area contributed by atoms with Crippen molar-refractivity contribution in [2.24, 2.45) is 5.92 Å². The number of alkyl carbamates (subject to hydrolysis) is 1. The Balaban J connectivity index is 1.95. The lowest BCUT2D eigenvalue weighted by atomic mass is 10.1. The summed E-state index contributed by atoms with van der Waals surface area (Å²) in [6.45, 7) is 9.12. The van der Waals surface area contributed by atoms with Crippen molar-refractivity contribution in [3.8, 4) is 0 Å². The molecule has 33 heavy (non-hydrogen) atoms. The zero-order valence-corrected chi connectivity index (χ0v) is 21.0. The Morgan fingerprint density at radius 2 is 1.82 bits per heavy atom. The number of carbonyl (C=O) groups is 3. The van der Waals surface area contributed by atoms with Gasteiger partial charge in [0.05, 0.1) is 17.4 Å². The number of unbranched alkanes of at least 4 members (excludes halogenated alkanes) is 2. The van der Waals surface area contributed by atoms with E-state index in [2.05, 4.69) is 15.6 Å². The summed E-state index contributed by atoms with van der Waals surface area (Å²) in [4.78, 5) is 41.4. The number of pyridine rings is 1. The van der Waals surface area contributed by atoms with Gasteiger partial charge in [0.15, 0.2) is 5.12 Å². The summed E-state index contributed by atoms with van der Waals surface area (Å²) in [6.07, 6.45) is 3.91. The van der Waals surface area contributed by atoms with Gasteiger partial charge in [0.1, 0.15) is 11.6 Å². The average Bonchev–Trinajstić information content (AvgIpc) is 2.73. The van der Waals surface area contributed by atoms with Crippen molar-refractivity contribution in [2.45, 2.75) is 71.9 Å². The molecule has 0 radical (unpaired) electrons. The van der Waals surface area contributed by atoms with Gasteiger partial charge in [-0.3, -0.25) is 14.6 Å². The SMILES string of the molecule is CC(C)C(=O)SCCCCC[C@H](NC(=O)OC(C)(C)C)C(=O)Nc1cnc2ccccc2c1. The number of anilines is 1. The average molecular weight is 474 g/mol. The standard InChI is InChI=1S/C25H35N3O4S/c1-17(2)23(30)33-14-10-6-7-13-21(28-24(31)32-25(3,4)5)22(29)27-19-15-18-11-8-9-12-20(18)26-16-19/h8-9,11-12,15-17,21H,6-7,10,13-14H2,1-5H3,(H,27,29)(H,28,31)/t21-/m0/s1. The molecule has 2 aromatic rings. The van der Waals surface area contributed by atoms with E-state index in [0.29, 0.717) is 12.1 Å². The maximum atomic E-state index is 13.0. The van der Waals surface area contributed by atoms with Crippen LogP contribution < -0.4 is 10.6 Å². The Kier molecular flexibility index (Phi) is 10.2. The second kappa shape index (κ2) is 12.6. The summed E-state index contributed by atoms with van der Waals surface area (Å²) >= 11 is 1.35. The highest BCUT2D eigenvalue weighted by Crippen LogP contribution is 2.18. The van der Waals surface area contributed by atoms with Crippen LogP contribution >= 0.6 is 11.8 Å². The predicted molar refractivity (Wildman–Crippen MR) is 134 cm³/mol. The molecule has 0 saturated heterocycles. The number of nitrogens with one attached hydrogen (secondary N) is 2. The molecule has 0 aliphatic rings. The highest BCUT2D eigenvalue weighted by molar-refractivity contribution is 8.13. The maximum absolute atomic E-state index is 13.0. The lowest BCUT2D eigenvalue weighted by Crippen LogP contribution is -2.45. The lowest BCUT2D eigenvalue weighted by molar-refractivity contribution is -0.118. The van der Waals surface area contributed by atoms with Crippen molar-refractivity contribution in [3.05, 3.63) is 36.5 Å². The Morgan fingerprint density at radius 3 is 2.52 bits per heavy atom. The molecular weight excluding hydrogens is 438 g/mol. The number of thioether (sulfide) groups is 1. The first-order valence-electron chi connectivity index (χ1n) is 11.4. The van der Waals surface area contributed by atoms with Crippen LogP contribution in [0.2, 0.25) is 0 Å². The minimum atomic E-state index is -0.740. The van der Waals surface area contributed by atoms with Crippen molar-refractivity contribution in [1.29, 1.82) is 0 Å². The summed E-state index contributed by atoms with van der Waals surface area (Å²) in [5.74, 6) is 0.476. The second-order valence-electron chi connectivity index (χ2n) is 9.28. The second-order valence-corrected chi connectivity index (χ2v) is 10.4. The van der Waals surface area contributed by atoms with Gasteiger partial charge < -0.3 is 15.4 Å². The van der Waals surface area contributed by atoms with Gasteiger partial charge in [-0.05, 0) is 45.7 Å². The number of benzene rings is 1. The molecule has 1 aromatic carbocycles. The third kappa shape index (κ3) is 9.82. The molecule has 0 bridgehead atoms. The van der Waals surface area contributed by atoms with Crippen LogP contribution in [0.4, 0.5) is 10.5 Å². The summed E-state index contributed by atoms with van der Waals surface area (Å²) in [5.41, 5.74) is 0.749. The highest BCUT2D eigenvalue weighted by Gasteiger charge is 2.24. The molecule has 0 spiro atoms. The van der Waals surface area contributed by atoms with Crippen molar-refractivity contribution >= 4 is 45.5 Å². The van der Waals surface area contributed by atoms with Crippen LogP contribution in [0.1, 0.15) is 60.3 Å². The third-order valence-corrected chi connectivity index (χ3v) is 5.97. The number of ether oxygens (including phenoxy) is 1. The minimum absolute atomic E-state index is 0.0331. The summed E-state index contributed by atoms with van der Waals surface area (Å²) in [5, 5.41) is 6.68. The number of hydrogen-bond acceptors (Lipinski definition) is 6. The van der Waals surface area contributed by atoms with Gasteiger partial charge in [-0.1, -0.05) is 56.7 Å². The van der Waals surface area contributed by atoms with E-state index < -0.39 is 17.7 Å². The Hall–Kier alpha value is -2.61. The number of hydrogen-bond donors (Lipinski definition) is 2. The van der Waals surface area contributed by atoms with E-state index in [9.17, 15) is 14.4 Å². The van der Waals surface area contributed by atoms with Crippen LogP contribution in [0.25, 0.3) is 10.9 Å². The Labute approximate surface area is 200 Å².